The average molecular weight is 262 g/mol. The molecule has 2 aromatic rings. The molecule has 17 heavy (non-hydrogen) atoms. The van der Waals surface area contributed by atoms with Crippen molar-refractivity contribution < 1.29 is 4.57 Å². The second-order valence-corrected chi connectivity index (χ2v) is 8.93. The summed E-state index contributed by atoms with van der Waals surface area (Å²) in [7, 11) is 0. The van der Waals surface area contributed by atoms with E-state index in [4.69, 9.17) is 0 Å². The molecule has 0 aliphatic carbocycles. The minimum atomic E-state index is -2.51. The van der Waals surface area contributed by atoms with Crippen LogP contribution in [0.15, 0.2) is 60.7 Å². The second kappa shape index (κ2) is 5.57. The van der Waals surface area contributed by atoms with E-state index in [0.29, 0.717) is 0 Å². The Labute approximate surface area is 106 Å². The summed E-state index contributed by atoms with van der Waals surface area (Å²) in [6.45, 7) is 2.04. The highest BCUT2D eigenvalue weighted by Gasteiger charge is 2.26. The van der Waals surface area contributed by atoms with Gasteiger partial charge in [-0.2, -0.15) is 0 Å². The van der Waals surface area contributed by atoms with Gasteiger partial charge in [0.2, 0.25) is 0 Å². The number of hydrogen-bond donors (Lipinski definition) is 0. The summed E-state index contributed by atoms with van der Waals surface area (Å²) in [4.78, 5) is 0. The van der Waals surface area contributed by atoms with E-state index in [-0.39, 0.29) is 0 Å². The van der Waals surface area contributed by atoms with Crippen molar-refractivity contribution in [1.29, 1.82) is 0 Å². The molecular formula is C14H15OPS. The Hall–Kier alpha value is -0.980. The molecule has 88 valence electrons. The topological polar surface area (TPSA) is 17.1 Å². The molecule has 0 aromatic heterocycles. The van der Waals surface area contributed by atoms with Crippen LogP contribution >= 0.6 is 17.7 Å². The highest BCUT2D eigenvalue weighted by molar-refractivity contribution is 8.62. The Morgan fingerprint density at radius 1 is 0.882 bits per heavy atom. The van der Waals surface area contributed by atoms with E-state index in [9.17, 15) is 4.57 Å². The summed E-state index contributed by atoms with van der Waals surface area (Å²) < 4.78 is 13.2. The Balaban J connectivity index is 2.51. The molecule has 0 fully saturated rings. The van der Waals surface area contributed by atoms with Gasteiger partial charge in [0, 0.05) is 10.6 Å². The van der Waals surface area contributed by atoms with Crippen LogP contribution in [0, 0.1) is 0 Å². The molecule has 2 rings (SSSR count). The van der Waals surface area contributed by atoms with Crippen molar-refractivity contribution in [2.75, 3.05) is 5.75 Å². The Morgan fingerprint density at radius 3 is 1.65 bits per heavy atom. The number of rotatable bonds is 4. The molecular weight excluding hydrogens is 247 g/mol. The summed E-state index contributed by atoms with van der Waals surface area (Å²) >= 11 is 1.54. The van der Waals surface area contributed by atoms with Gasteiger partial charge in [0.1, 0.15) is 0 Å². The normalized spacial score (nSPS) is 11.4. The average Bonchev–Trinajstić information content (AvgIpc) is 2.41. The maximum atomic E-state index is 13.2. The van der Waals surface area contributed by atoms with Crippen molar-refractivity contribution in [2.24, 2.45) is 0 Å². The Morgan fingerprint density at radius 2 is 1.29 bits per heavy atom. The maximum Gasteiger partial charge on any atom is 0.195 e. The van der Waals surface area contributed by atoms with Gasteiger partial charge in [-0.15, -0.1) is 0 Å². The molecule has 0 saturated carbocycles. The fraction of sp³-hybridized carbons (Fsp3) is 0.143. The van der Waals surface area contributed by atoms with Crippen LogP contribution in [0.2, 0.25) is 0 Å². The van der Waals surface area contributed by atoms with Crippen molar-refractivity contribution in [3.05, 3.63) is 60.7 Å². The fourth-order valence-corrected chi connectivity index (χ4v) is 6.53. The highest BCUT2D eigenvalue weighted by atomic mass is 32.7. The van der Waals surface area contributed by atoms with Crippen molar-refractivity contribution in [2.45, 2.75) is 6.92 Å². The zero-order valence-electron chi connectivity index (χ0n) is 9.74. The van der Waals surface area contributed by atoms with Gasteiger partial charge in [-0.05, 0) is 5.75 Å². The van der Waals surface area contributed by atoms with Crippen LogP contribution in [0.25, 0.3) is 0 Å². The van der Waals surface area contributed by atoms with Crippen molar-refractivity contribution in [3.8, 4) is 0 Å². The minimum absolute atomic E-state index is 0.848. The highest BCUT2D eigenvalue weighted by Crippen LogP contribution is 2.55. The zero-order chi connectivity index (χ0) is 12.1. The predicted molar refractivity (Wildman–Crippen MR) is 77.9 cm³/mol. The largest absolute Gasteiger partial charge is 0.302 e. The third-order valence-electron chi connectivity index (χ3n) is 2.50. The molecule has 2 aromatic carbocycles. The van der Waals surface area contributed by atoms with E-state index >= 15 is 0 Å². The summed E-state index contributed by atoms with van der Waals surface area (Å²) in [5, 5.41) is 1.86. The molecule has 0 bridgehead atoms. The molecule has 0 unspecified atom stereocenters. The molecule has 0 heterocycles. The SMILES string of the molecule is CCSP(=O)(c1ccccc1)c1ccccc1. The molecule has 0 spiro atoms. The van der Waals surface area contributed by atoms with E-state index in [1.165, 1.54) is 0 Å². The second-order valence-electron chi connectivity index (χ2n) is 3.64. The molecule has 0 aliphatic heterocycles. The van der Waals surface area contributed by atoms with E-state index < -0.39 is 6.34 Å². The van der Waals surface area contributed by atoms with Crippen molar-refractivity contribution in [1.82, 2.24) is 0 Å². The van der Waals surface area contributed by atoms with Gasteiger partial charge in [0.25, 0.3) is 0 Å². The first-order valence-corrected chi connectivity index (χ1v) is 8.93. The third-order valence-corrected chi connectivity index (χ3v) is 8.21. The molecule has 0 aliphatic rings. The van der Waals surface area contributed by atoms with Crippen LogP contribution in [0.5, 0.6) is 0 Å². The lowest BCUT2D eigenvalue weighted by molar-refractivity contribution is 0.595. The van der Waals surface area contributed by atoms with Crippen LogP contribution in [-0.4, -0.2) is 5.75 Å². The van der Waals surface area contributed by atoms with Gasteiger partial charge in [-0.3, -0.25) is 0 Å². The summed E-state index contributed by atoms with van der Waals surface area (Å²) in [5.41, 5.74) is 0. The van der Waals surface area contributed by atoms with Crippen LogP contribution < -0.4 is 10.6 Å². The molecule has 0 amide bonds. The predicted octanol–water partition coefficient (Wildman–Crippen LogP) is 3.67. The first-order chi connectivity index (χ1) is 8.27. The lowest BCUT2D eigenvalue weighted by Gasteiger charge is -2.17. The van der Waals surface area contributed by atoms with Gasteiger partial charge in [-0.1, -0.05) is 79.0 Å². The third kappa shape index (κ3) is 2.65. The van der Waals surface area contributed by atoms with Crippen LogP contribution in [0.4, 0.5) is 0 Å². The van der Waals surface area contributed by atoms with Gasteiger partial charge < -0.3 is 4.57 Å². The summed E-state index contributed by atoms with van der Waals surface area (Å²) in [5.74, 6) is 0.848. The van der Waals surface area contributed by atoms with E-state index in [1.807, 2.05) is 67.6 Å². The van der Waals surface area contributed by atoms with Gasteiger partial charge >= 0.3 is 0 Å². The summed E-state index contributed by atoms with van der Waals surface area (Å²) in [6.07, 6.45) is -2.51. The van der Waals surface area contributed by atoms with E-state index in [1.54, 1.807) is 11.4 Å². The standard InChI is InChI=1S/C14H15OPS/c1-2-17-16(15,13-9-5-3-6-10-13)14-11-7-4-8-12-14/h3-12H,2H2,1H3. The smallest absolute Gasteiger partial charge is 0.195 e. The van der Waals surface area contributed by atoms with Gasteiger partial charge in [0.15, 0.2) is 6.34 Å². The lowest BCUT2D eigenvalue weighted by Crippen LogP contribution is -2.13. The van der Waals surface area contributed by atoms with E-state index in [2.05, 4.69) is 0 Å². The minimum Gasteiger partial charge on any atom is -0.302 e. The number of hydrogen-bond acceptors (Lipinski definition) is 2. The summed E-state index contributed by atoms with van der Waals surface area (Å²) in [6, 6.07) is 19.5. The molecule has 0 saturated heterocycles. The first-order valence-electron chi connectivity index (χ1n) is 5.63. The molecule has 0 atom stereocenters. The monoisotopic (exact) mass is 262 g/mol. The quantitative estimate of drug-likeness (QED) is 0.782. The number of benzene rings is 2. The van der Waals surface area contributed by atoms with Crippen LogP contribution in [0.1, 0.15) is 6.92 Å². The van der Waals surface area contributed by atoms with Crippen LogP contribution in [-0.2, 0) is 4.57 Å². The maximum absolute atomic E-state index is 13.2. The van der Waals surface area contributed by atoms with Crippen LogP contribution in [0.3, 0.4) is 0 Å². The zero-order valence-corrected chi connectivity index (χ0v) is 11.5. The Bertz CT molecular complexity index is 467. The van der Waals surface area contributed by atoms with Crippen molar-refractivity contribution >= 4 is 28.3 Å². The lowest BCUT2D eigenvalue weighted by atomic mass is 10.4. The van der Waals surface area contributed by atoms with Crippen molar-refractivity contribution in [3.63, 3.8) is 0 Å². The first kappa shape index (κ1) is 12.5. The fourth-order valence-electron chi connectivity index (χ4n) is 1.73. The molecule has 3 heteroatoms. The van der Waals surface area contributed by atoms with E-state index in [0.717, 1.165) is 16.4 Å². The van der Waals surface area contributed by atoms with Gasteiger partial charge in [-0.25, -0.2) is 0 Å². The molecule has 0 N–H and O–H groups in total. The van der Waals surface area contributed by atoms with Gasteiger partial charge in [0.05, 0.1) is 0 Å². The molecule has 1 nitrogen and oxygen atoms in total. The Kier molecular flexibility index (Phi) is 4.09. The molecule has 0 radical (unpaired) electrons.